The summed E-state index contributed by atoms with van der Waals surface area (Å²) in [7, 11) is 0. The summed E-state index contributed by atoms with van der Waals surface area (Å²) in [4.78, 5) is 0. The third kappa shape index (κ3) is 3.21. The second-order valence-corrected chi connectivity index (χ2v) is 6.17. The molecule has 0 saturated carbocycles. The molecule has 0 aliphatic carbocycles. The summed E-state index contributed by atoms with van der Waals surface area (Å²) >= 11 is 6.12. The van der Waals surface area contributed by atoms with E-state index in [1.165, 1.54) is 0 Å². The molecule has 3 N–H and O–H groups in total. The first-order valence-corrected chi connectivity index (χ1v) is 7.83. The van der Waals surface area contributed by atoms with Crippen LogP contribution in [-0.4, -0.2) is 18.2 Å². The van der Waals surface area contributed by atoms with Gasteiger partial charge in [0.1, 0.15) is 0 Å². The Morgan fingerprint density at radius 3 is 2.75 bits per heavy atom. The van der Waals surface area contributed by atoms with Gasteiger partial charge in [0.25, 0.3) is 0 Å². The molecule has 2 rings (SSSR count). The normalized spacial score (nSPS) is 21.7. The highest BCUT2D eigenvalue weighted by Crippen LogP contribution is 2.34. The fourth-order valence-electron chi connectivity index (χ4n) is 2.97. The van der Waals surface area contributed by atoms with Crippen molar-refractivity contribution in [2.75, 3.05) is 17.7 Å². The molecule has 1 atom stereocenters. The van der Waals surface area contributed by atoms with Gasteiger partial charge in [-0.2, -0.15) is 0 Å². The van der Waals surface area contributed by atoms with E-state index in [1.807, 2.05) is 12.1 Å². The predicted molar refractivity (Wildman–Crippen MR) is 86.5 cm³/mol. The van der Waals surface area contributed by atoms with Crippen LogP contribution in [0.15, 0.2) is 12.1 Å². The van der Waals surface area contributed by atoms with Crippen molar-refractivity contribution in [3.05, 3.63) is 22.7 Å². The van der Waals surface area contributed by atoms with Gasteiger partial charge in [-0.1, -0.05) is 25.4 Å². The van der Waals surface area contributed by atoms with Crippen molar-refractivity contribution in [3.8, 4) is 0 Å². The predicted octanol–water partition coefficient (Wildman–Crippen LogP) is 4.38. The molecular formula is C16H25ClN2O. The highest BCUT2D eigenvalue weighted by molar-refractivity contribution is 6.33. The van der Waals surface area contributed by atoms with Crippen LogP contribution < -0.4 is 11.1 Å². The van der Waals surface area contributed by atoms with Gasteiger partial charge in [-0.05, 0) is 50.3 Å². The minimum absolute atomic E-state index is 0.0292. The Morgan fingerprint density at radius 2 is 2.10 bits per heavy atom. The van der Waals surface area contributed by atoms with Crippen LogP contribution in [0.1, 0.15) is 45.1 Å². The molecule has 20 heavy (non-hydrogen) atoms. The highest BCUT2D eigenvalue weighted by atomic mass is 35.5. The van der Waals surface area contributed by atoms with Crippen LogP contribution in [0.5, 0.6) is 0 Å². The monoisotopic (exact) mass is 296 g/mol. The molecule has 1 aromatic carbocycles. The molecule has 1 aromatic rings. The van der Waals surface area contributed by atoms with Crippen molar-refractivity contribution >= 4 is 23.0 Å². The second kappa shape index (κ2) is 6.23. The average Bonchev–Trinajstić information content (AvgIpc) is 2.45. The van der Waals surface area contributed by atoms with Crippen molar-refractivity contribution in [1.82, 2.24) is 0 Å². The fraction of sp³-hybridized carbons (Fsp3) is 0.625. The Bertz CT molecular complexity index is 472. The maximum Gasteiger partial charge on any atom is 0.0696 e. The van der Waals surface area contributed by atoms with Crippen LogP contribution in [-0.2, 0) is 4.74 Å². The van der Waals surface area contributed by atoms with E-state index in [4.69, 9.17) is 22.1 Å². The van der Waals surface area contributed by atoms with Gasteiger partial charge in [-0.15, -0.1) is 0 Å². The number of aryl methyl sites for hydroxylation is 1. The SMILES string of the molecule is CCC1(CC)CC(Nc2cc(Cl)c(N)cc2C)CCO1. The molecule has 1 saturated heterocycles. The van der Waals surface area contributed by atoms with Crippen LogP contribution in [0.25, 0.3) is 0 Å². The molecule has 3 nitrogen and oxygen atoms in total. The Hall–Kier alpha value is -0.930. The summed E-state index contributed by atoms with van der Waals surface area (Å²) in [5, 5.41) is 4.23. The molecule has 0 bridgehead atoms. The zero-order valence-corrected chi connectivity index (χ0v) is 13.4. The molecule has 1 fully saturated rings. The molecule has 0 aromatic heterocycles. The molecule has 0 amide bonds. The zero-order chi connectivity index (χ0) is 14.8. The van der Waals surface area contributed by atoms with Crippen molar-refractivity contribution in [3.63, 3.8) is 0 Å². The molecule has 0 radical (unpaired) electrons. The van der Waals surface area contributed by atoms with Crippen molar-refractivity contribution < 1.29 is 4.74 Å². The maximum atomic E-state index is 6.12. The highest BCUT2D eigenvalue weighted by Gasteiger charge is 2.34. The first-order valence-electron chi connectivity index (χ1n) is 7.46. The number of rotatable bonds is 4. The van der Waals surface area contributed by atoms with E-state index in [2.05, 4.69) is 26.1 Å². The number of benzene rings is 1. The number of nitrogen functional groups attached to an aromatic ring is 1. The quantitative estimate of drug-likeness (QED) is 0.811. The van der Waals surface area contributed by atoms with Gasteiger partial charge >= 0.3 is 0 Å². The van der Waals surface area contributed by atoms with Gasteiger partial charge < -0.3 is 15.8 Å². The number of anilines is 2. The van der Waals surface area contributed by atoms with Crippen LogP contribution in [0, 0.1) is 6.92 Å². The number of nitrogens with one attached hydrogen (secondary N) is 1. The fourth-order valence-corrected chi connectivity index (χ4v) is 3.14. The second-order valence-electron chi connectivity index (χ2n) is 5.76. The smallest absolute Gasteiger partial charge is 0.0696 e. The first-order chi connectivity index (χ1) is 9.49. The third-order valence-corrected chi connectivity index (χ3v) is 4.81. The molecule has 1 heterocycles. The summed E-state index contributed by atoms with van der Waals surface area (Å²) in [6.45, 7) is 7.29. The van der Waals surface area contributed by atoms with E-state index in [-0.39, 0.29) is 5.60 Å². The van der Waals surface area contributed by atoms with E-state index < -0.39 is 0 Å². The molecule has 1 aliphatic heterocycles. The maximum absolute atomic E-state index is 6.12. The van der Waals surface area contributed by atoms with Crippen molar-refractivity contribution in [2.45, 2.75) is 58.1 Å². The summed E-state index contributed by atoms with van der Waals surface area (Å²) in [5.74, 6) is 0. The van der Waals surface area contributed by atoms with E-state index in [0.717, 1.165) is 43.5 Å². The number of ether oxygens (including phenoxy) is 1. The van der Waals surface area contributed by atoms with Crippen molar-refractivity contribution in [1.29, 1.82) is 0 Å². The lowest BCUT2D eigenvalue weighted by Crippen LogP contribution is -2.43. The standard InChI is InChI=1S/C16H25ClN2O/c1-4-16(5-2)10-12(6-7-20-16)19-15-9-13(17)14(18)8-11(15)3/h8-9,12,19H,4-7,10,18H2,1-3H3. The van der Waals surface area contributed by atoms with Crippen LogP contribution in [0.3, 0.4) is 0 Å². The molecule has 1 aliphatic rings. The third-order valence-electron chi connectivity index (χ3n) is 4.48. The molecular weight excluding hydrogens is 272 g/mol. The van der Waals surface area contributed by atoms with Gasteiger partial charge in [0, 0.05) is 18.3 Å². The minimum Gasteiger partial charge on any atom is -0.398 e. The molecule has 1 unspecified atom stereocenters. The van der Waals surface area contributed by atoms with Crippen molar-refractivity contribution in [2.24, 2.45) is 0 Å². The number of halogens is 1. The van der Waals surface area contributed by atoms with Crippen LogP contribution in [0.2, 0.25) is 5.02 Å². The van der Waals surface area contributed by atoms with Crippen LogP contribution >= 0.6 is 11.6 Å². The zero-order valence-electron chi connectivity index (χ0n) is 12.6. The molecule has 112 valence electrons. The summed E-state index contributed by atoms with van der Waals surface area (Å²) in [5.41, 5.74) is 8.71. The first kappa shape index (κ1) is 15.5. The number of hydrogen-bond donors (Lipinski definition) is 2. The van der Waals surface area contributed by atoms with Gasteiger partial charge in [-0.25, -0.2) is 0 Å². The van der Waals surface area contributed by atoms with E-state index >= 15 is 0 Å². The van der Waals surface area contributed by atoms with Gasteiger partial charge in [0.2, 0.25) is 0 Å². The molecule has 4 heteroatoms. The lowest BCUT2D eigenvalue weighted by molar-refractivity contribution is -0.0864. The van der Waals surface area contributed by atoms with E-state index in [0.29, 0.717) is 16.8 Å². The number of nitrogens with two attached hydrogens (primary N) is 1. The minimum atomic E-state index is 0.0292. The largest absolute Gasteiger partial charge is 0.398 e. The topological polar surface area (TPSA) is 47.3 Å². The lowest BCUT2D eigenvalue weighted by Gasteiger charge is -2.40. The summed E-state index contributed by atoms with van der Waals surface area (Å²) < 4.78 is 6.02. The average molecular weight is 297 g/mol. The van der Waals surface area contributed by atoms with Crippen LogP contribution in [0.4, 0.5) is 11.4 Å². The van der Waals surface area contributed by atoms with Gasteiger partial charge in [0.05, 0.1) is 16.3 Å². The lowest BCUT2D eigenvalue weighted by atomic mass is 9.85. The Kier molecular flexibility index (Phi) is 4.82. The van der Waals surface area contributed by atoms with E-state index in [9.17, 15) is 0 Å². The van der Waals surface area contributed by atoms with Gasteiger partial charge in [0.15, 0.2) is 0 Å². The molecule has 0 spiro atoms. The Morgan fingerprint density at radius 1 is 1.40 bits per heavy atom. The van der Waals surface area contributed by atoms with E-state index in [1.54, 1.807) is 0 Å². The van der Waals surface area contributed by atoms with Gasteiger partial charge in [-0.3, -0.25) is 0 Å². The Labute approximate surface area is 126 Å². The number of hydrogen-bond acceptors (Lipinski definition) is 3. The Balaban J connectivity index is 2.12. The summed E-state index contributed by atoms with van der Waals surface area (Å²) in [6, 6.07) is 4.29. The summed E-state index contributed by atoms with van der Waals surface area (Å²) in [6.07, 6.45) is 4.19.